The van der Waals surface area contributed by atoms with Gasteiger partial charge in [-0.3, -0.25) is 0 Å². The Kier molecular flexibility index (Phi) is 6.58. The summed E-state index contributed by atoms with van der Waals surface area (Å²) in [6, 6.07) is 47.2. The molecule has 5 aromatic rings. The van der Waals surface area contributed by atoms with Gasteiger partial charge in [-0.05, 0) is 34.4 Å². The molecule has 2 aliphatic heterocycles. The monoisotopic (exact) mass is 518 g/mol. The van der Waals surface area contributed by atoms with Gasteiger partial charge in [-0.25, -0.2) is 0 Å². The molecule has 0 N–H and O–H groups in total. The Morgan fingerprint density at radius 3 is 0.775 bits per heavy atom. The molecule has 194 valence electrons. The van der Waals surface area contributed by atoms with E-state index in [1.54, 1.807) is 0 Å². The van der Waals surface area contributed by atoms with Gasteiger partial charge in [0.1, 0.15) is 0 Å². The van der Waals surface area contributed by atoms with Crippen LogP contribution in [0.15, 0.2) is 133 Å². The van der Waals surface area contributed by atoms with Gasteiger partial charge in [-0.1, -0.05) is 121 Å². The van der Waals surface area contributed by atoms with E-state index in [1.165, 1.54) is 45.0 Å². The summed E-state index contributed by atoms with van der Waals surface area (Å²) in [7, 11) is 0. The molecule has 40 heavy (non-hydrogen) atoms. The smallest absolute Gasteiger partial charge is 0.209 e. The van der Waals surface area contributed by atoms with Crippen molar-refractivity contribution in [2.45, 2.75) is 26.2 Å². The first-order valence-electron chi connectivity index (χ1n) is 13.8. The number of fused-ring (bicyclic) bond motifs is 2. The normalized spacial score (nSPS) is 14.0. The Labute approximate surface area is 237 Å². The fourth-order valence-corrected chi connectivity index (χ4v) is 5.47. The Hall–Kier alpha value is -4.70. The van der Waals surface area contributed by atoms with Crippen molar-refractivity contribution in [2.24, 2.45) is 0 Å². The summed E-state index contributed by atoms with van der Waals surface area (Å²) in [5.41, 5.74) is 9.70. The van der Waals surface area contributed by atoms with E-state index in [9.17, 15) is 0 Å². The molecule has 5 aromatic carbocycles. The summed E-state index contributed by atoms with van der Waals surface area (Å²) < 4.78 is 0. The van der Waals surface area contributed by atoms with Crippen LogP contribution >= 0.6 is 0 Å². The van der Waals surface area contributed by atoms with Crippen LogP contribution in [0.25, 0.3) is 0 Å². The number of anilines is 4. The van der Waals surface area contributed by atoms with E-state index >= 15 is 0 Å². The van der Waals surface area contributed by atoms with E-state index in [0.717, 1.165) is 26.2 Å². The fourth-order valence-electron chi connectivity index (χ4n) is 5.47. The number of hydrogen-bond acceptors (Lipinski definition) is 4. The molecule has 4 radical (unpaired) electrons. The van der Waals surface area contributed by atoms with Crippen LogP contribution in [0.3, 0.4) is 0 Å². The van der Waals surface area contributed by atoms with Crippen LogP contribution in [0, 0.1) is 13.3 Å². The summed E-state index contributed by atoms with van der Waals surface area (Å²) in [4.78, 5) is 9.03. The van der Waals surface area contributed by atoms with Crippen molar-refractivity contribution in [3.05, 3.63) is 169 Å². The molecule has 0 bridgehead atoms. The maximum atomic E-state index is 3.69. The third-order valence-electron chi connectivity index (χ3n) is 7.45. The first kappa shape index (κ1) is 24.3. The molecule has 4 nitrogen and oxygen atoms in total. The van der Waals surface area contributed by atoms with E-state index in [-0.39, 0.29) is 0 Å². The second-order valence-electron chi connectivity index (χ2n) is 10.3. The molecule has 0 aromatic heterocycles. The van der Waals surface area contributed by atoms with Crippen molar-refractivity contribution >= 4 is 22.7 Å². The zero-order valence-electron chi connectivity index (χ0n) is 22.3. The lowest BCUT2D eigenvalue weighted by atomic mass is 10.1. The minimum absolute atomic E-state index is 0.762. The predicted molar refractivity (Wildman–Crippen MR) is 163 cm³/mol. The number of benzene rings is 5. The van der Waals surface area contributed by atoms with E-state index in [4.69, 9.17) is 0 Å². The Balaban J connectivity index is 1.28. The van der Waals surface area contributed by atoms with Gasteiger partial charge in [0.05, 0.1) is 22.7 Å². The van der Waals surface area contributed by atoms with Gasteiger partial charge in [-0.15, -0.1) is 0 Å². The molecule has 2 aliphatic rings. The highest BCUT2D eigenvalue weighted by Crippen LogP contribution is 2.50. The molecule has 0 aliphatic carbocycles. The quantitative estimate of drug-likeness (QED) is 0.208. The molecule has 0 fully saturated rings. The standard InChI is InChI=1S/C36H30N4/c1-5-13-29(14-6-1)23-37-27-38(24-30-15-7-2-8-16-30)34-22-36-35(21-33(34)37)39(25-31-17-9-3-10-18-31)28-40(36)26-32-19-11-4-12-20-32/h1-22H,23-26H2. The average molecular weight is 519 g/mol. The average Bonchev–Trinajstić information content (AvgIpc) is 3.50. The maximum Gasteiger partial charge on any atom is 0.209 e. The van der Waals surface area contributed by atoms with Gasteiger partial charge < -0.3 is 19.6 Å². The SMILES string of the molecule is [C]1N(Cc2ccccc2)c2cc3c(cc2N1Cc1ccccc1)N(Cc1ccccc1)[C]N3Cc1ccccc1. The predicted octanol–water partition coefficient (Wildman–Crippen LogP) is 7.73. The highest BCUT2D eigenvalue weighted by molar-refractivity contribution is 5.92. The third kappa shape index (κ3) is 5.01. The molecular weight excluding hydrogens is 488 g/mol. The van der Waals surface area contributed by atoms with Gasteiger partial charge in [0.25, 0.3) is 0 Å². The lowest BCUT2D eigenvalue weighted by molar-refractivity contribution is 0.842. The lowest BCUT2D eigenvalue weighted by Gasteiger charge is -2.21. The van der Waals surface area contributed by atoms with Crippen LogP contribution in [0.2, 0.25) is 0 Å². The van der Waals surface area contributed by atoms with Gasteiger partial charge >= 0.3 is 0 Å². The maximum absolute atomic E-state index is 3.69. The molecule has 2 heterocycles. The van der Waals surface area contributed by atoms with Gasteiger partial charge in [-0.2, -0.15) is 0 Å². The minimum Gasteiger partial charge on any atom is -0.335 e. The third-order valence-corrected chi connectivity index (χ3v) is 7.45. The van der Waals surface area contributed by atoms with Gasteiger partial charge in [0.15, 0.2) is 0 Å². The minimum atomic E-state index is 0.762. The zero-order chi connectivity index (χ0) is 26.7. The van der Waals surface area contributed by atoms with Gasteiger partial charge in [0, 0.05) is 26.2 Å². The van der Waals surface area contributed by atoms with Gasteiger partial charge in [0.2, 0.25) is 13.3 Å². The summed E-state index contributed by atoms with van der Waals surface area (Å²) >= 11 is 0. The van der Waals surface area contributed by atoms with Crippen molar-refractivity contribution in [3.8, 4) is 0 Å². The second-order valence-corrected chi connectivity index (χ2v) is 10.3. The first-order chi connectivity index (χ1) is 19.8. The Bertz CT molecular complexity index is 1320. The molecule has 4 heteroatoms. The summed E-state index contributed by atoms with van der Waals surface area (Å²) in [6.45, 7) is 10.4. The number of nitrogens with zero attached hydrogens (tertiary/aromatic N) is 4. The van der Waals surface area contributed by atoms with Crippen molar-refractivity contribution in [1.29, 1.82) is 0 Å². The molecule has 0 unspecified atom stereocenters. The van der Waals surface area contributed by atoms with Crippen molar-refractivity contribution in [3.63, 3.8) is 0 Å². The highest BCUT2D eigenvalue weighted by atomic mass is 15.4. The molecule has 0 saturated carbocycles. The summed E-state index contributed by atoms with van der Waals surface area (Å²) in [6.07, 6.45) is 0. The van der Waals surface area contributed by atoms with Crippen LogP contribution < -0.4 is 19.6 Å². The Morgan fingerprint density at radius 2 is 0.550 bits per heavy atom. The zero-order valence-corrected chi connectivity index (χ0v) is 22.3. The molecule has 0 saturated heterocycles. The van der Waals surface area contributed by atoms with Crippen LogP contribution in [0.5, 0.6) is 0 Å². The van der Waals surface area contributed by atoms with E-state index < -0.39 is 0 Å². The number of hydrogen-bond donors (Lipinski definition) is 0. The summed E-state index contributed by atoms with van der Waals surface area (Å²) in [5.74, 6) is 0. The second kappa shape index (κ2) is 10.8. The van der Waals surface area contributed by atoms with Crippen molar-refractivity contribution < 1.29 is 0 Å². The summed E-state index contributed by atoms with van der Waals surface area (Å²) in [5, 5.41) is 0. The fraction of sp³-hybridized carbons (Fsp3) is 0.111. The Morgan fingerprint density at radius 1 is 0.325 bits per heavy atom. The van der Waals surface area contributed by atoms with E-state index in [0.29, 0.717) is 0 Å². The van der Waals surface area contributed by atoms with E-state index in [2.05, 4.69) is 166 Å². The van der Waals surface area contributed by atoms with Crippen LogP contribution in [0.4, 0.5) is 22.7 Å². The van der Waals surface area contributed by atoms with Crippen LogP contribution in [-0.4, -0.2) is 0 Å². The van der Waals surface area contributed by atoms with E-state index in [1.807, 2.05) is 0 Å². The topological polar surface area (TPSA) is 13.0 Å². The van der Waals surface area contributed by atoms with Crippen molar-refractivity contribution in [1.82, 2.24) is 0 Å². The molecule has 0 amide bonds. The van der Waals surface area contributed by atoms with Crippen LogP contribution in [-0.2, 0) is 26.2 Å². The van der Waals surface area contributed by atoms with Crippen LogP contribution in [0.1, 0.15) is 22.3 Å². The lowest BCUT2D eigenvalue weighted by Crippen LogP contribution is -2.25. The molecular formula is C36H30N4. The molecule has 7 rings (SSSR count). The largest absolute Gasteiger partial charge is 0.335 e. The molecule has 0 atom stereocenters. The number of rotatable bonds is 8. The first-order valence-corrected chi connectivity index (χ1v) is 13.8. The van der Waals surface area contributed by atoms with Crippen molar-refractivity contribution in [2.75, 3.05) is 19.6 Å². The highest BCUT2D eigenvalue weighted by Gasteiger charge is 2.35. The molecule has 0 spiro atoms.